The molecule has 0 aromatic rings. The summed E-state index contributed by atoms with van der Waals surface area (Å²) in [5.74, 6) is 0. The van der Waals surface area contributed by atoms with Gasteiger partial charge in [-0.05, 0) is 0 Å². The molecule has 0 spiro atoms. The zero-order valence-electron chi connectivity index (χ0n) is 7.33. The molecule has 0 atom stereocenters. The summed E-state index contributed by atoms with van der Waals surface area (Å²) in [5.41, 5.74) is 0. The van der Waals surface area contributed by atoms with Crippen molar-refractivity contribution in [2.75, 3.05) is 0 Å². The van der Waals surface area contributed by atoms with Crippen LogP contribution in [-0.2, 0) is 72.7 Å². The SMILES string of the molecule is [O]=[U+2]=[O].[O]=[V](=[O])[O-].[O]=[V](=[O])[O-].[O]=[V](=[O])[O-].[Rb+]. The second kappa shape index (κ2) is 30.7. The monoisotopic (exact) mass is 652 g/mol. The van der Waals surface area contributed by atoms with E-state index < -0.39 is 74.0 Å². The Hall–Kier alpha value is 2.89. The van der Waals surface area contributed by atoms with Gasteiger partial charge < -0.3 is 0 Å². The molecule has 0 aromatic carbocycles. The van der Waals surface area contributed by atoms with Gasteiger partial charge in [0, 0.05) is 0 Å². The fourth-order valence-electron chi connectivity index (χ4n) is 0. The summed E-state index contributed by atoms with van der Waals surface area (Å²) in [7, 11) is 0. The molecule has 16 heteroatoms. The summed E-state index contributed by atoms with van der Waals surface area (Å²) >= 11 is -14.3. The molecule has 0 aliphatic carbocycles. The molecule has 0 fully saturated rings. The zero-order valence-corrected chi connectivity index (χ0v) is 20.6. The van der Waals surface area contributed by atoms with Crippen molar-refractivity contribution in [2.24, 2.45) is 0 Å². The first-order valence-corrected chi connectivity index (χ1v) is 10.6. The van der Waals surface area contributed by atoms with E-state index in [2.05, 4.69) is 0 Å². The maximum Gasteiger partial charge on any atom is 1.00 e. The Morgan fingerprint density at radius 1 is 0.625 bits per heavy atom. The Balaban J connectivity index is -0.0000000331. The van der Waals surface area contributed by atoms with Crippen molar-refractivity contribution in [3.8, 4) is 0 Å². The quantitative estimate of drug-likeness (QED) is 0.240. The third kappa shape index (κ3) is 511. The molecule has 0 heterocycles. The van der Waals surface area contributed by atoms with Gasteiger partial charge in [0.2, 0.25) is 0 Å². The van der Waals surface area contributed by atoms with Gasteiger partial charge in [0.1, 0.15) is 0 Å². The predicted octanol–water partition coefficient (Wildman–Crippen LogP) is -7.52. The maximum absolute atomic E-state index is 8.58. The third-order valence-electron chi connectivity index (χ3n) is 0. The van der Waals surface area contributed by atoms with Gasteiger partial charge in [-0.1, -0.05) is 0 Å². The fraction of sp³-hybridized carbons (Fsp3) is 0. The molecule has 0 aromatic heterocycles. The topological polar surface area (TPSA) is 206 Å². The van der Waals surface area contributed by atoms with Gasteiger partial charge in [-0.2, -0.15) is 0 Å². The molecule has 0 rings (SSSR count). The second-order valence-corrected chi connectivity index (χ2v) is 3.54. The first kappa shape index (κ1) is 31.3. The van der Waals surface area contributed by atoms with E-state index >= 15 is 0 Å². The minimum absolute atomic E-state index is 0. The van der Waals surface area contributed by atoms with Crippen molar-refractivity contribution >= 4 is 0 Å². The summed E-state index contributed by atoms with van der Waals surface area (Å²) in [6, 6.07) is 0. The molecule has 0 aliphatic heterocycles. The fourth-order valence-corrected chi connectivity index (χ4v) is 0. The van der Waals surface area contributed by atoms with Crippen LogP contribution in [-0.4, -0.2) is 0 Å². The van der Waals surface area contributed by atoms with Gasteiger partial charge in [-0.15, -0.1) is 0 Å². The van der Waals surface area contributed by atoms with Gasteiger partial charge in [0.15, 0.2) is 0 Å². The Bertz CT molecular complexity index is 282. The maximum atomic E-state index is 8.58. The smallest absolute Gasteiger partial charge is 1.00 e. The molecule has 0 saturated heterocycles. The van der Waals surface area contributed by atoms with E-state index in [1.807, 2.05) is 0 Å². The molecular formula is O11RbUV3. The van der Waals surface area contributed by atoms with Crippen LogP contribution in [0.2, 0.25) is 0 Å². The largest absolute Gasteiger partial charge is 1.00 e. The Labute approximate surface area is 166 Å². The van der Waals surface area contributed by atoms with Crippen molar-refractivity contribution in [3.63, 3.8) is 0 Å². The van der Waals surface area contributed by atoms with Gasteiger partial charge in [0.25, 0.3) is 0 Å². The van der Waals surface area contributed by atoms with Crippen LogP contribution in [0.4, 0.5) is 0 Å². The molecular weight excluding hydrogens is 652 g/mol. The molecule has 86 valence electrons. The third-order valence-corrected chi connectivity index (χ3v) is 0. The van der Waals surface area contributed by atoms with Crippen LogP contribution in [0.1, 0.15) is 0 Å². The first-order chi connectivity index (χ1) is 6.61. The number of hydrogen-bond acceptors (Lipinski definition) is 11. The van der Waals surface area contributed by atoms with Crippen molar-refractivity contribution in [1.29, 1.82) is 0 Å². The molecule has 0 aliphatic rings. The van der Waals surface area contributed by atoms with Crippen LogP contribution in [0.3, 0.4) is 0 Å². The van der Waals surface area contributed by atoms with E-state index in [4.69, 9.17) is 38.6 Å². The molecule has 0 N–H and O–H groups in total. The van der Waals surface area contributed by atoms with Crippen molar-refractivity contribution < 1.29 is 171 Å². The van der Waals surface area contributed by atoms with Crippen LogP contribution < -0.4 is 70.3 Å². The average molecular weight is 652 g/mol. The van der Waals surface area contributed by atoms with E-state index in [1.165, 1.54) is 0 Å². The molecule has 11 nitrogen and oxygen atoms in total. The van der Waals surface area contributed by atoms with E-state index in [0.717, 1.165) is 0 Å². The predicted molar refractivity (Wildman–Crippen MR) is 5.49 cm³/mol. The van der Waals surface area contributed by atoms with Gasteiger partial charge in [-0.25, -0.2) is 0 Å². The zero-order chi connectivity index (χ0) is 13.4. The van der Waals surface area contributed by atoms with Crippen molar-refractivity contribution in [2.45, 2.75) is 0 Å². The van der Waals surface area contributed by atoms with Crippen LogP contribution in [0, 0.1) is 27.8 Å². The molecule has 0 radical (unpaired) electrons. The van der Waals surface area contributed by atoms with E-state index in [-0.39, 0.29) is 58.2 Å². The minimum atomic E-state index is -3.94. The second-order valence-electron chi connectivity index (χ2n) is 0.754. The molecule has 0 unspecified atom stereocenters. The Morgan fingerprint density at radius 3 is 0.625 bits per heavy atom. The summed E-state index contributed by atoms with van der Waals surface area (Å²) in [5, 5.41) is 0. The standard InChI is InChI=1S/11O.Rb.U.3V/q;;;;;;;;3*-1;+1;+2;;;. The average Bonchev–Trinajstić information content (AvgIpc) is 1.81. The number of hydrogen-bond donors (Lipinski definition) is 0. The molecule has 16 heavy (non-hydrogen) atoms. The van der Waals surface area contributed by atoms with Crippen LogP contribution in [0.25, 0.3) is 0 Å². The number of rotatable bonds is 0. The summed E-state index contributed by atoms with van der Waals surface area (Å²) in [6.45, 7) is 0. The summed E-state index contributed by atoms with van der Waals surface area (Å²) < 4.78 is 94.2. The Kier molecular flexibility index (Phi) is 60.2. The van der Waals surface area contributed by atoms with Gasteiger partial charge in [0.05, 0.1) is 0 Å². The van der Waals surface area contributed by atoms with Crippen molar-refractivity contribution in [1.82, 2.24) is 0 Å². The van der Waals surface area contributed by atoms with Gasteiger partial charge >= 0.3 is 171 Å². The van der Waals surface area contributed by atoms with E-state index in [0.29, 0.717) is 0 Å². The van der Waals surface area contributed by atoms with Crippen LogP contribution in [0.5, 0.6) is 0 Å². The molecule has 0 amide bonds. The summed E-state index contributed by atoms with van der Waals surface area (Å²) in [6.07, 6.45) is 0. The van der Waals surface area contributed by atoms with Crippen LogP contribution in [0.15, 0.2) is 0 Å². The van der Waals surface area contributed by atoms with E-state index in [1.54, 1.807) is 0 Å². The van der Waals surface area contributed by atoms with Crippen LogP contribution >= 0.6 is 0 Å². The van der Waals surface area contributed by atoms with Crippen molar-refractivity contribution in [3.05, 3.63) is 0 Å². The first-order valence-electron chi connectivity index (χ1n) is 2.05. The van der Waals surface area contributed by atoms with Gasteiger partial charge in [-0.3, -0.25) is 0 Å². The molecule has 0 saturated carbocycles. The summed E-state index contributed by atoms with van der Waals surface area (Å²) in [4.78, 5) is 0. The van der Waals surface area contributed by atoms with E-state index in [9.17, 15) is 0 Å². The molecule has 0 bridgehead atoms. The Morgan fingerprint density at radius 2 is 0.625 bits per heavy atom. The normalized spacial score (nSPS) is 5.19. The minimum Gasteiger partial charge on any atom is 1.00 e.